The van der Waals surface area contributed by atoms with Crippen LogP contribution in [0.5, 0.6) is 0 Å². The SMILES string of the molecule is O=C(Nc1cc2c3c(c1)[C@@H]1CCC[C@H]1CN3C[C@H]1CCC[C@H]21)c1ccccc1. The molecule has 0 spiro atoms. The van der Waals surface area contributed by atoms with Crippen LogP contribution in [-0.2, 0) is 0 Å². The van der Waals surface area contributed by atoms with Crippen LogP contribution in [0, 0.1) is 11.8 Å². The average molecular weight is 373 g/mol. The molecule has 4 aliphatic rings. The van der Waals surface area contributed by atoms with Crippen molar-refractivity contribution < 1.29 is 4.79 Å². The van der Waals surface area contributed by atoms with Crippen molar-refractivity contribution in [1.82, 2.24) is 0 Å². The van der Waals surface area contributed by atoms with Crippen LogP contribution in [0.3, 0.4) is 0 Å². The molecule has 0 aromatic heterocycles. The van der Waals surface area contributed by atoms with Crippen LogP contribution < -0.4 is 10.2 Å². The van der Waals surface area contributed by atoms with Gasteiger partial charge in [-0.15, -0.1) is 0 Å². The lowest BCUT2D eigenvalue weighted by atomic mass is 9.75. The lowest BCUT2D eigenvalue weighted by molar-refractivity contribution is 0.102. The zero-order valence-corrected chi connectivity index (χ0v) is 16.4. The summed E-state index contributed by atoms with van der Waals surface area (Å²) in [5, 5.41) is 3.22. The van der Waals surface area contributed by atoms with Gasteiger partial charge in [0.15, 0.2) is 0 Å². The molecular weight excluding hydrogens is 344 g/mol. The maximum atomic E-state index is 12.8. The number of benzene rings is 2. The van der Waals surface area contributed by atoms with Crippen LogP contribution in [0.2, 0.25) is 0 Å². The monoisotopic (exact) mass is 372 g/mol. The van der Waals surface area contributed by atoms with Crippen LogP contribution >= 0.6 is 0 Å². The fourth-order valence-corrected chi connectivity index (χ4v) is 6.63. The van der Waals surface area contributed by atoms with Gasteiger partial charge in [-0.3, -0.25) is 4.79 Å². The molecule has 28 heavy (non-hydrogen) atoms. The van der Waals surface area contributed by atoms with Crippen molar-refractivity contribution in [2.75, 3.05) is 23.3 Å². The van der Waals surface area contributed by atoms with Gasteiger partial charge in [0, 0.05) is 30.0 Å². The predicted molar refractivity (Wildman–Crippen MR) is 113 cm³/mol. The van der Waals surface area contributed by atoms with Crippen molar-refractivity contribution >= 4 is 17.3 Å². The molecule has 2 aliphatic carbocycles. The Morgan fingerprint density at radius 2 is 1.46 bits per heavy atom. The highest BCUT2D eigenvalue weighted by atomic mass is 16.1. The van der Waals surface area contributed by atoms with Gasteiger partial charge in [-0.2, -0.15) is 0 Å². The number of hydrogen-bond donors (Lipinski definition) is 1. The van der Waals surface area contributed by atoms with Gasteiger partial charge in [0.2, 0.25) is 0 Å². The Labute approximate surface area is 167 Å². The minimum absolute atomic E-state index is 0.00201. The summed E-state index contributed by atoms with van der Waals surface area (Å²) < 4.78 is 0. The van der Waals surface area contributed by atoms with E-state index < -0.39 is 0 Å². The largest absolute Gasteiger partial charge is 0.370 e. The fourth-order valence-electron chi connectivity index (χ4n) is 6.63. The molecule has 3 nitrogen and oxygen atoms in total. The van der Waals surface area contributed by atoms with Crippen molar-refractivity contribution in [1.29, 1.82) is 0 Å². The Bertz CT molecular complexity index is 876. The molecule has 6 rings (SSSR count). The first-order valence-corrected chi connectivity index (χ1v) is 11.1. The fraction of sp³-hybridized carbons (Fsp3) is 0.480. The summed E-state index contributed by atoms with van der Waals surface area (Å²) in [5.41, 5.74) is 6.33. The number of fused-ring (bicyclic) bond motifs is 4. The van der Waals surface area contributed by atoms with E-state index in [0.717, 1.165) is 23.1 Å². The first-order valence-electron chi connectivity index (χ1n) is 11.1. The lowest BCUT2D eigenvalue weighted by Crippen LogP contribution is -2.43. The molecule has 3 heteroatoms. The van der Waals surface area contributed by atoms with E-state index in [0.29, 0.717) is 11.8 Å². The molecule has 2 saturated carbocycles. The molecule has 0 bridgehead atoms. The van der Waals surface area contributed by atoms with Crippen molar-refractivity contribution in [2.24, 2.45) is 11.8 Å². The maximum Gasteiger partial charge on any atom is 0.255 e. The molecule has 1 amide bonds. The number of nitrogens with one attached hydrogen (secondary N) is 1. The second-order valence-electron chi connectivity index (χ2n) is 9.32. The number of carbonyl (C=O) groups excluding carboxylic acids is 1. The molecule has 144 valence electrons. The molecule has 2 aromatic carbocycles. The molecule has 2 fully saturated rings. The molecule has 1 N–H and O–H groups in total. The number of anilines is 2. The minimum atomic E-state index is 0.00201. The van der Waals surface area contributed by atoms with Gasteiger partial charge in [-0.25, -0.2) is 0 Å². The second kappa shape index (κ2) is 6.37. The molecule has 0 saturated heterocycles. The summed E-state index contributed by atoms with van der Waals surface area (Å²) in [6, 6.07) is 14.2. The van der Waals surface area contributed by atoms with E-state index >= 15 is 0 Å². The summed E-state index contributed by atoms with van der Waals surface area (Å²) in [7, 11) is 0. The first kappa shape index (κ1) is 16.6. The van der Waals surface area contributed by atoms with E-state index in [1.165, 1.54) is 62.7 Å². The van der Waals surface area contributed by atoms with Gasteiger partial charge in [0.25, 0.3) is 5.91 Å². The normalized spacial score (nSPS) is 29.8. The Hall–Kier alpha value is -2.29. The summed E-state index contributed by atoms with van der Waals surface area (Å²) >= 11 is 0. The van der Waals surface area contributed by atoms with Crippen LogP contribution in [0.25, 0.3) is 0 Å². The third-order valence-corrected chi connectivity index (χ3v) is 7.81. The number of hydrogen-bond acceptors (Lipinski definition) is 2. The third-order valence-electron chi connectivity index (χ3n) is 7.81. The molecule has 2 aliphatic heterocycles. The van der Waals surface area contributed by atoms with Gasteiger partial charge in [-0.1, -0.05) is 31.0 Å². The molecule has 4 atom stereocenters. The zero-order chi connectivity index (χ0) is 18.7. The Kier molecular flexibility index (Phi) is 3.78. The van der Waals surface area contributed by atoms with Crippen molar-refractivity contribution in [2.45, 2.75) is 50.4 Å². The maximum absolute atomic E-state index is 12.8. The smallest absolute Gasteiger partial charge is 0.255 e. The van der Waals surface area contributed by atoms with Crippen molar-refractivity contribution in [3.63, 3.8) is 0 Å². The average Bonchev–Trinajstić information content (AvgIpc) is 3.38. The topological polar surface area (TPSA) is 32.3 Å². The van der Waals surface area contributed by atoms with E-state index in [1.54, 1.807) is 5.69 Å². The van der Waals surface area contributed by atoms with E-state index in [2.05, 4.69) is 22.3 Å². The predicted octanol–water partition coefficient (Wildman–Crippen LogP) is 5.54. The molecule has 0 radical (unpaired) electrons. The van der Waals surface area contributed by atoms with Crippen molar-refractivity contribution in [3.8, 4) is 0 Å². The number of nitrogens with zero attached hydrogens (tertiary/aromatic N) is 1. The van der Waals surface area contributed by atoms with Crippen LogP contribution in [0.15, 0.2) is 42.5 Å². The molecular formula is C25H28N2O. The van der Waals surface area contributed by atoms with E-state index in [9.17, 15) is 4.79 Å². The Morgan fingerprint density at radius 1 is 0.857 bits per heavy atom. The third kappa shape index (κ3) is 2.52. The van der Waals surface area contributed by atoms with Crippen LogP contribution in [-0.4, -0.2) is 19.0 Å². The highest BCUT2D eigenvalue weighted by Crippen LogP contribution is 2.56. The van der Waals surface area contributed by atoms with Gasteiger partial charge < -0.3 is 10.2 Å². The highest BCUT2D eigenvalue weighted by Gasteiger charge is 2.44. The molecule has 0 unspecified atom stereocenters. The second-order valence-corrected chi connectivity index (χ2v) is 9.32. The lowest BCUT2D eigenvalue weighted by Gasteiger charge is -2.46. The molecule has 2 heterocycles. The van der Waals surface area contributed by atoms with E-state index in [1.807, 2.05) is 30.3 Å². The summed E-state index contributed by atoms with van der Waals surface area (Å²) in [6.07, 6.45) is 8.07. The number of amides is 1. The summed E-state index contributed by atoms with van der Waals surface area (Å²) in [4.78, 5) is 15.5. The first-order chi connectivity index (χ1) is 13.8. The van der Waals surface area contributed by atoms with Crippen LogP contribution in [0.4, 0.5) is 11.4 Å². The van der Waals surface area contributed by atoms with Gasteiger partial charge in [-0.05, 0) is 84.7 Å². The summed E-state index contributed by atoms with van der Waals surface area (Å²) in [5.74, 6) is 2.99. The van der Waals surface area contributed by atoms with Gasteiger partial charge in [0.05, 0.1) is 0 Å². The quantitative estimate of drug-likeness (QED) is 0.751. The molecule has 2 aromatic rings. The highest BCUT2D eigenvalue weighted by molar-refractivity contribution is 6.04. The van der Waals surface area contributed by atoms with E-state index in [-0.39, 0.29) is 5.91 Å². The van der Waals surface area contributed by atoms with Crippen LogP contribution in [0.1, 0.15) is 71.8 Å². The van der Waals surface area contributed by atoms with E-state index in [4.69, 9.17) is 0 Å². The van der Waals surface area contributed by atoms with Crippen molar-refractivity contribution in [3.05, 3.63) is 59.2 Å². The zero-order valence-electron chi connectivity index (χ0n) is 16.4. The Morgan fingerprint density at radius 3 is 2.07 bits per heavy atom. The summed E-state index contributed by atoms with van der Waals surface area (Å²) in [6.45, 7) is 2.51. The standard InChI is InChI=1S/C25H28N2O/c28-25(16-6-2-1-3-7-16)26-19-12-22-20-10-4-8-17(20)14-27-15-18-9-5-11-21(18)23(13-19)24(22)27/h1-3,6-7,12-13,17-18,20-21H,4-5,8-11,14-15H2,(H,26,28)/t17-,18+,20+,21-. The van der Waals surface area contributed by atoms with Gasteiger partial charge in [0.1, 0.15) is 0 Å². The van der Waals surface area contributed by atoms with Gasteiger partial charge >= 0.3 is 0 Å². The number of rotatable bonds is 2. The minimum Gasteiger partial charge on any atom is -0.370 e. The number of carbonyl (C=O) groups is 1. The Balaban J connectivity index is 1.43.